The number of aliphatic carboxylic acids is 1. The van der Waals surface area contributed by atoms with E-state index in [1.807, 2.05) is 13.8 Å². The summed E-state index contributed by atoms with van der Waals surface area (Å²) in [6.07, 6.45) is 0.634. The van der Waals surface area contributed by atoms with Crippen LogP contribution in [0.1, 0.15) is 26.7 Å². The maximum atomic E-state index is 12.2. The number of sulfonamides is 1. The van der Waals surface area contributed by atoms with Gasteiger partial charge in [0.1, 0.15) is 0 Å². The first kappa shape index (κ1) is 18.4. The summed E-state index contributed by atoms with van der Waals surface area (Å²) in [6, 6.07) is 6.52. The molecule has 1 aromatic rings. The van der Waals surface area contributed by atoms with Crippen LogP contribution >= 0.6 is 22.6 Å². The van der Waals surface area contributed by atoms with Crippen LogP contribution in [0.15, 0.2) is 29.2 Å². The van der Waals surface area contributed by atoms with Crippen LogP contribution in [-0.2, 0) is 14.8 Å². The Balaban J connectivity index is 2.73. The number of nitrogens with one attached hydrogen (secondary N) is 1. The van der Waals surface area contributed by atoms with Crippen LogP contribution in [0, 0.1) is 15.4 Å². The molecule has 7 heteroatoms. The van der Waals surface area contributed by atoms with Gasteiger partial charge in [-0.1, -0.05) is 13.8 Å². The highest BCUT2D eigenvalue weighted by atomic mass is 127. The van der Waals surface area contributed by atoms with Crippen LogP contribution in [-0.4, -0.2) is 26.0 Å². The Morgan fingerprint density at radius 2 is 1.86 bits per heavy atom. The van der Waals surface area contributed by atoms with E-state index >= 15 is 0 Å². The third kappa shape index (κ3) is 6.75. The van der Waals surface area contributed by atoms with Gasteiger partial charge in [0.05, 0.1) is 4.90 Å². The van der Waals surface area contributed by atoms with Crippen molar-refractivity contribution >= 4 is 38.6 Å². The fourth-order valence-electron chi connectivity index (χ4n) is 2.08. The maximum Gasteiger partial charge on any atom is 0.303 e. The first-order valence-corrected chi connectivity index (χ1v) is 9.24. The second-order valence-corrected chi connectivity index (χ2v) is 8.41. The van der Waals surface area contributed by atoms with Gasteiger partial charge in [0, 0.05) is 16.5 Å². The number of hydrogen-bond acceptors (Lipinski definition) is 3. The lowest BCUT2D eigenvalue weighted by molar-refractivity contribution is -0.138. The van der Waals surface area contributed by atoms with E-state index in [-0.39, 0.29) is 23.8 Å². The molecular formula is C14H20INO4S. The Hall–Kier alpha value is -0.670. The molecule has 1 aromatic carbocycles. The molecule has 1 rings (SSSR count). The molecule has 0 fully saturated rings. The third-order valence-electron chi connectivity index (χ3n) is 2.95. The molecule has 5 nitrogen and oxygen atoms in total. The van der Waals surface area contributed by atoms with E-state index in [1.165, 1.54) is 0 Å². The van der Waals surface area contributed by atoms with Crippen LogP contribution in [0.5, 0.6) is 0 Å². The summed E-state index contributed by atoms with van der Waals surface area (Å²) in [5.41, 5.74) is 0. The molecule has 0 spiro atoms. The Morgan fingerprint density at radius 3 is 2.33 bits per heavy atom. The number of carbonyl (C=O) groups is 1. The molecule has 2 N–H and O–H groups in total. The van der Waals surface area contributed by atoms with Crippen molar-refractivity contribution in [2.24, 2.45) is 11.8 Å². The highest BCUT2D eigenvalue weighted by Gasteiger charge is 2.19. The Kier molecular flexibility index (Phi) is 7.08. The van der Waals surface area contributed by atoms with Gasteiger partial charge >= 0.3 is 5.97 Å². The number of hydrogen-bond donors (Lipinski definition) is 2. The monoisotopic (exact) mass is 425 g/mol. The van der Waals surface area contributed by atoms with Gasteiger partial charge in [0.2, 0.25) is 10.0 Å². The van der Waals surface area contributed by atoms with E-state index in [4.69, 9.17) is 5.11 Å². The smallest absolute Gasteiger partial charge is 0.303 e. The van der Waals surface area contributed by atoms with Gasteiger partial charge in [-0.05, 0) is 65.1 Å². The highest BCUT2D eigenvalue weighted by molar-refractivity contribution is 14.1. The van der Waals surface area contributed by atoms with Crippen molar-refractivity contribution in [1.29, 1.82) is 0 Å². The van der Waals surface area contributed by atoms with Crippen LogP contribution in [0.3, 0.4) is 0 Å². The Labute approximate surface area is 139 Å². The van der Waals surface area contributed by atoms with Crippen molar-refractivity contribution in [3.8, 4) is 0 Å². The van der Waals surface area contributed by atoms with E-state index in [0.29, 0.717) is 12.3 Å². The molecule has 0 amide bonds. The predicted octanol–water partition coefficient (Wildman–Crippen LogP) is 2.71. The normalized spacial score (nSPS) is 13.3. The lowest BCUT2D eigenvalue weighted by Gasteiger charge is -2.17. The zero-order valence-corrected chi connectivity index (χ0v) is 15.0. The fraction of sp³-hybridized carbons (Fsp3) is 0.500. The van der Waals surface area contributed by atoms with Gasteiger partial charge in [0.15, 0.2) is 0 Å². The molecule has 0 aliphatic rings. The van der Waals surface area contributed by atoms with E-state index in [0.717, 1.165) is 3.57 Å². The van der Waals surface area contributed by atoms with E-state index in [2.05, 4.69) is 27.3 Å². The summed E-state index contributed by atoms with van der Waals surface area (Å²) < 4.78 is 27.8. The summed E-state index contributed by atoms with van der Waals surface area (Å²) in [5, 5.41) is 8.90. The quantitative estimate of drug-likeness (QED) is 0.628. The van der Waals surface area contributed by atoms with Crippen molar-refractivity contribution < 1.29 is 18.3 Å². The van der Waals surface area contributed by atoms with E-state index in [1.54, 1.807) is 24.3 Å². The largest absolute Gasteiger partial charge is 0.481 e. The zero-order valence-electron chi connectivity index (χ0n) is 12.0. The van der Waals surface area contributed by atoms with Crippen molar-refractivity contribution in [1.82, 2.24) is 4.72 Å². The van der Waals surface area contributed by atoms with Gasteiger partial charge in [-0.3, -0.25) is 4.79 Å². The molecule has 0 saturated carbocycles. The van der Waals surface area contributed by atoms with Crippen molar-refractivity contribution in [3.63, 3.8) is 0 Å². The molecule has 1 unspecified atom stereocenters. The average molecular weight is 425 g/mol. The number of carboxylic acid groups (broad SMARTS) is 1. The van der Waals surface area contributed by atoms with Crippen molar-refractivity contribution in [2.45, 2.75) is 31.6 Å². The fourth-order valence-corrected chi connectivity index (χ4v) is 3.55. The molecule has 0 heterocycles. The number of carboxylic acids is 1. The minimum atomic E-state index is -3.59. The van der Waals surface area contributed by atoms with Gasteiger partial charge in [0.25, 0.3) is 0 Å². The third-order valence-corrected chi connectivity index (χ3v) is 5.11. The molecule has 1 atom stereocenters. The first-order chi connectivity index (χ1) is 9.70. The van der Waals surface area contributed by atoms with Crippen LogP contribution in [0.2, 0.25) is 0 Å². The maximum absolute atomic E-state index is 12.2. The molecule has 0 saturated heterocycles. The van der Waals surface area contributed by atoms with E-state index < -0.39 is 16.0 Å². The summed E-state index contributed by atoms with van der Waals surface area (Å²) in [5.74, 6) is -0.799. The summed E-state index contributed by atoms with van der Waals surface area (Å²) >= 11 is 2.10. The summed E-state index contributed by atoms with van der Waals surface area (Å²) in [7, 11) is -3.59. The summed E-state index contributed by atoms with van der Waals surface area (Å²) in [4.78, 5) is 11.0. The number of benzene rings is 1. The average Bonchev–Trinajstić information content (AvgIpc) is 2.35. The van der Waals surface area contributed by atoms with Crippen molar-refractivity contribution in [3.05, 3.63) is 27.8 Å². The molecule has 0 aromatic heterocycles. The van der Waals surface area contributed by atoms with Crippen molar-refractivity contribution in [2.75, 3.05) is 6.54 Å². The topological polar surface area (TPSA) is 83.5 Å². The molecule has 0 radical (unpaired) electrons. The zero-order chi connectivity index (χ0) is 16.0. The SMILES string of the molecule is CC(C)CC(CNS(=O)(=O)c1ccc(I)cc1)CC(=O)O. The van der Waals surface area contributed by atoms with Crippen LogP contribution in [0.4, 0.5) is 0 Å². The standard InChI is InChI=1S/C14H20INO4S/c1-10(2)7-11(8-14(17)18)9-16-21(19,20)13-5-3-12(15)4-6-13/h3-6,10-11,16H,7-9H2,1-2H3,(H,17,18). The second-order valence-electron chi connectivity index (χ2n) is 5.40. The first-order valence-electron chi connectivity index (χ1n) is 6.67. The molecule has 0 aliphatic carbocycles. The lowest BCUT2D eigenvalue weighted by Crippen LogP contribution is -2.31. The minimum Gasteiger partial charge on any atom is -0.481 e. The Bertz CT molecular complexity index is 569. The van der Waals surface area contributed by atoms with Gasteiger partial charge in [-0.2, -0.15) is 0 Å². The summed E-state index contributed by atoms with van der Waals surface area (Å²) in [6.45, 7) is 4.11. The number of halogens is 1. The second kappa shape index (κ2) is 8.09. The molecule has 21 heavy (non-hydrogen) atoms. The molecule has 0 aliphatic heterocycles. The Morgan fingerprint density at radius 1 is 1.29 bits per heavy atom. The van der Waals surface area contributed by atoms with Crippen LogP contribution in [0.25, 0.3) is 0 Å². The van der Waals surface area contributed by atoms with Gasteiger partial charge < -0.3 is 5.11 Å². The minimum absolute atomic E-state index is 0.0343. The van der Waals surface area contributed by atoms with Crippen LogP contribution < -0.4 is 4.72 Å². The molecule has 118 valence electrons. The lowest BCUT2D eigenvalue weighted by atomic mass is 9.94. The van der Waals surface area contributed by atoms with Gasteiger partial charge in [-0.15, -0.1) is 0 Å². The molecular weight excluding hydrogens is 405 g/mol. The highest BCUT2D eigenvalue weighted by Crippen LogP contribution is 2.17. The number of rotatable bonds is 8. The van der Waals surface area contributed by atoms with Gasteiger partial charge in [-0.25, -0.2) is 13.1 Å². The predicted molar refractivity (Wildman–Crippen MR) is 89.5 cm³/mol. The van der Waals surface area contributed by atoms with E-state index in [9.17, 15) is 13.2 Å². The molecule has 0 bridgehead atoms.